The zero-order valence-electron chi connectivity index (χ0n) is 17.8. The Labute approximate surface area is 180 Å². The molecule has 4 amide bonds. The highest BCUT2D eigenvalue weighted by molar-refractivity contribution is 7.98. The summed E-state index contributed by atoms with van der Waals surface area (Å²) in [6.07, 6.45) is 2.08. The predicted octanol–water partition coefficient (Wildman–Crippen LogP) is -1.45. The van der Waals surface area contributed by atoms with Crippen molar-refractivity contribution >= 4 is 41.4 Å². The van der Waals surface area contributed by atoms with Gasteiger partial charge in [-0.1, -0.05) is 20.3 Å². The number of hydrogen-bond donors (Lipinski definition) is 6. The molecule has 0 radical (unpaired) electrons. The van der Waals surface area contributed by atoms with Crippen molar-refractivity contribution < 1.29 is 29.1 Å². The van der Waals surface area contributed by atoms with Gasteiger partial charge in [0.25, 0.3) is 0 Å². The molecular formula is C18H33N5O6S. The fourth-order valence-electron chi connectivity index (χ4n) is 2.43. The van der Waals surface area contributed by atoms with Gasteiger partial charge < -0.3 is 32.5 Å². The number of aliphatic carboxylic acids is 1. The lowest BCUT2D eigenvalue weighted by Crippen LogP contribution is -2.58. The minimum atomic E-state index is -1.31. The average Bonchev–Trinajstić information content (AvgIpc) is 2.66. The van der Waals surface area contributed by atoms with Crippen molar-refractivity contribution in [2.45, 2.75) is 64.2 Å². The highest BCUT2D eigenvalue weighted by Crippen LogP contribution is 2.10. The Balaban J connectivity index is 5.45. The molecule has 0 heterocycles. The molecule has 5 atom stereocenters. The van der Waals surface area contributed by atoms with Crippen molar-refractivity contribution in [1.82, 2.24) is 16.0 Å². The van der Waals surface area contributed by atoms with E-state index in [9.17, 15) is 29.1 Å². The summed E-state index contributed by atoms with van der Waals surface area (Å²) in [4.78, 5) is 60.0. The number of nitrogens with one attached hydrogen (secondary N) is 3. The third-order valence-corrected chi connectivity index (χ3v) is 5.12. The van der Waals surface area contributed by atoms with Gasteiger partial charge in [-0.3, -0.25) is 19.2 Å². The minimum absolute atomic E-state index is 0.218. The number of primary amides is 1. The third-order valence-electron chi connectivity index (χ3n) is 4.47. The molecule has 11 nitrogen and oxygen atoms in total. The van der Waals surface area contributed by atoms with Crippen LogP contribution in [0.5, 0.6) is 0 Å². The number of carboxylic acids is 1. The molecule has 0 aliphatic carbocycles. The molecule has 0 fully saturated rings. The Morgan fingerprint density at radius 2 is 1.50 bits per heavy atom. The smallest absolute Gasteiger partial charge is 0.326 e. The Morgan fingerprint density at radius 3 is 1.93 bits per heavy atom. The third kappa shape index (κ3) is 9.92. The van der Waals surface area contributed by atoms with Gasteiger partial charge in [0, 0.05) is 0 Å². The van der Waals surface area contributed by atoms with Gasteiger partial charge in [-0.25, -0.2) is 4.79 Å². The lowest BCUT2D eigenvalue weighted by molar-refractivity contribution is -0.144. The molecule has 30 heavy (non-hydrogen) atoms. The normalized spacial score (nSPS) is 15.8. The number of carbonyl (C=O) groups is 5. The number of nitrogens with two attached hydrogens (primary N) is 2. The molecule has 0 saturated carbocycles. The van der Waals surface area contributed by atoms with Crippen LogP contribution in [0, 0.1) is 5.92 Å². The number of amides is 4. The maximum atomic E-state index is 12.7. The topological polar surface area (TPSA) is 194 Å². The van der Waals surface area contributed by atoms with Gasteiger partial charge in [0.15, 0.2) is 0 Å². The fraction of sp³-hybridized carbons (Fsp3) is 0.722. The van der Waals surface area contributed by atoms with Gasteiger partial charge in [-0.2, -0.15) is 11.8 Å². The molecule has 0 aromatic rings. The van der Waals surface area contributed by atoms with Crippen LogP contribution in [0.15, 0.2) is 0 Å². The monoisotopic (exact) mass is 447 g/mol. The van der Waals surface area contributed by atoms with Crippen LogP contribution in [0.4, 0.5) is 0 Å². The Hall–Kier alpha value is -2.34. The average molecular weight is 448 g/mol. The van der Waals surface area contributed by atoms with E-state index in [0.717, 1.165) is 0 Å². The molecule has 0 spiro atoms. The first-order valence-electron chi connectivity index (χ1n) is 9.61. The van der Waals surface area contributed by atoms with Crippen LogP contribution in [0.3, 0.4) is 0 Å². The number of carboxylic acid groups (broad SMARTS) is 1. The number of carbonyl (C=O) groups excluding carboxylic acids is 4. The summed E-state index contributed by atoms with van der Waals surface area (Å²) in [6, 6.07) is -4.40. The summed E-state index contributed by atoms with van der Waals surface area (Å²) in [5, 5.41) is 16.7. The molecule has 5 unspecified atom stereocenters. The van der Waals surface area contributed by atoms with Crippen molar-refractivity contribution in [2.24, 2.45) is 17.4 Å². The van der Waals surface area contributed by atoms with Crippen molar-refractivity contribution in [1.29, 1.82) is 0 Å². The van der Waals surface area contributed by atoms with Crippen molar-refractivity contribution in [3.63, 3.8) is 0 Å². The number of hydrogen-bond acceptors (Lipinski definition) is 7. The number of thioether (sulfide) groups is 1. The highest BCUT2D eigenvalue weighted by Gasteiger charge is 2.31. The van der Waals surface area contributed by atoms with Gasteiger partial charge in [-0.15, -0.1) is 0 Å². The Morgan fingerprint density at radius 1 is 0.967 bits per heavy atom. The lowest BCUT2D eigenvalue weighted by atomic mass is 9.98. The van der Waals surface area contributed by atoms with E-state index in [0.29, 0.717) is 12.2 Å². The van der Waals surface area contributed by atoms with E-state index in [4.69, 9.17) is 11.5 Å². The molecular weight excluding hydrogens is 414 g/mol. The molecule has 0 bridgehead atoms. The van der Waals surface area contributed by atoms with Crippen LogP contribution in [-0.2, 0) is 24.0 Å². The van der Waals surface area contributed by atoms with E-state index in [1.807, 2.05) is 6.26 Å². The van der Waals surface area contributed by atoms with Crippen LogP contribution >= 0.6 is 11.8 Å². The van der Waals surface area contributed by atoms with Crippen LogP contribution in [0.25, 0.3) is 0 Å². The summed E-state index contributed by atoms with van der Waals surface area (Å²) < 4.78 is 0. The first-order valence-corrected chi connectivity index (χ1v) is 11.0. The SMILES string of the molecule is CCC(C)C(NC(=O)C(CCSC)NC(=O)C(CC(N)=O)NC(=O)C(C)N)C(=O)O. The summed E-state index contributed by atoms with van der Waals surface area (Å²) in [7, 11) is 0. The van der Waals surface area contributed by atoms with Crippen LogP contribution in [-0.4, -0.2) is 70.9 Å². The fourth-order valence-corrected chi connectivity index (χ4v) is 2.90. The van der Waals surface area contributed by atoms with E-state index >= 15 is 0 Å². The van der Waals surface area contributed by atoms with Crippen molar-refractivity contribution in [3.05, 3.63) is 0 Å². The van der Waals surface area contributed by atoms with Crippen LogP contribution in [0.1, 0.15) is 40.0 Å². The molecule has 0 aromatic heterocycles. The van der Waals surface area contributed by atoms with E-state index in [1.165, 1.54) is 18.7 Å². The van der Waals surface area contributed by atoms with Crippen molar-refractivity contribution in [2.75, 3.05) is 12.0 Å². The first-order chi connectivity index (χ1) is 13.9. The quantitative estimate of drug-likeness (QED) is 0.186. The van der Waals surface area contributed by atoms with Gasteiger partial charge >= 0.3 is 5.97 Å². The molecule has 0 aliphatic rings. The number of rotatable bonds is 14. The molecule has 172 valence electrons. The molecule has 0 aliphatic heterocycles. The van der Waals surface area contributed by atoms with Gasteiger partial charge in [-0.05, 0) is 31.3 Å². The standard InChI is InChI=1S/C18H33N5O6S/c1-5-9(2)14(18(28)29)23-16(26)11(6-7-30-4)21-17(27)12(8-13(20)24)22-15(25)10(3)19/h9-12,14H,5-8,19H2,1-4H3,(H2,20,24)(H,21,27)(H,22,25)(H,23,26)(H,28,29). The van der Waals surface area contributed by atoms with E-state index in [1.54, 1.807) is 13.8 Å². The summed E-state index contributed by atoms with van der Waals surface area (Å²) in [5.41, 5.74) is 10.6. The van der Waals surface area contributed by atoms with Crippen LogP contribution in [0.2, 0.25) is 0 Å². The zero-order chi connectivity index (χ0) is 23.4. The Bertz CT molecular complexity index is 630. The minimum Gasteiger partial charge on any atom is -0.480 e. The summed E-state index contributed by atoms with van der Waals surface area (Å²) in [5.74, 6) is -3.94. The maximum Gasteiger partial charge on any atom is 0.326 e. The second-order valence-electron chi connectivity index (χ2n) is 7.07. The van der Waals surface area contributed by atoms with E-state index in [2.05, 4.69) is 16.0 Å². The molecule has 12 heteroatoms. The molecule has 0 aromatic carbocycles. The van der Waals surface area contributed by atoms with Gasteiger partial charge in [0.05, 0.1) is 12.5 Å². The lowest BCUT2D eigenvalue weighted by Gasteiger charge is -2.26. The largest absolute Gasteiger partial charge is 0.480 e. The van der Waals surface area contributed by atoms with E-state index < -0.39 is 60.2 Å². The van der Waals surface area contributed by atoms with Gasteiger partial charge in [0.1, 0.15) is 18.1 Å². The second-order valence-corrected chi connectivity index (χ2v) is 8.06. The summed E-state index contributed by atoms with van der Waals surface area (Å²) in [6.45, 7) is 4.90. The summed E-state index contributed by atoms with van der Waals surface area (Å²) >= 11 is 1.44. The van der Waals surface area contributed by atoms with Crippen LogP contribution < -0.4 is 27.4 Å². The molecule has 8 N–H and O–H groups in total. The second kappa shape index (κ2) is 13.8. The van der Waals surface area contributed by atoms with Crippen molar-refractivity contribution in [3.8, 4) is 0 Å². The van der Waals surface area contributed by atoms with E-state index in [-0.39, 0.29) is 12.3 Å². The first kappa shape index (κ1) is 27.7. The highest BCUT2D eigenvalue weighted by atomic mass is 32.2. The van der Waals surface area contributed by atoms with Gasteiger partial charge in [0.2, 0.25) is 23.6 Å². The maximum absolute atomic E-state index is 12.7. The molecule has 0 saturated heterocycles. The predicted molar refractivity (Wildman–Crippen MR) is 113 cm³/mol. The zero-order valence-corrected chi connectivity index (χ0v) is 18.6. The molecule has 0 rings (SSSR count). The Kier molecular flexibility index (Phi) is 12.7.